The Kier molecular flexibility index (Phi) is 3.79. The number of halogens is 1. The van der Waals surface area contributed by atoms with Crippen molar-refractivity contribution in [3.8, 4) is 28.8 Å². The van der Waals surface area contributed by atoms with Crippen LogP contribution in [0.4, 0.5) is 4.39 Å². The molecule has 0 unspecified atom stereocenters. The normalized spacial score (nSPS) is 10.1. The summed E-state index contributed by atoms with van der Waals surface area (Å²) in [6, 6.07) is 4.57. The second-order valence-electron chi connectivity index (χ2n) is 3.63. The summed E-state index contributed by atoms with van der Waals surface area (Å²) in [7, 11) is 4.41. The Morgan fingerprint density at radius 1 is 1.00 bits per heavy atom. The van der Waals surface area contributed by atoms with Gasteiger partial charge in [-0.15, -0.1) is 0 Å². The van der Waals surface area contributed by atoms with Gasteiger partial charge < -0.3 is 14.2 Å². The molecule has 0 bridgehead atoms. The van der Waals surface area contributed by atoms with Crippen LogP contribution in [0, 0.1) is 5.82 Å². The predicted octanol–water partition coefficient (Wildman–Crippen LogP) is 2.31. The van der Waals surface area contributed by atoms with E-state index >= 15 is 0 Å². The van der Waals surface area contributed by atoms with Gasteiger partial charge in [-0.2, -0.15) is 4.98 Å². The third kappa shape index (κ3) is 2.57. The van der Waals surface area contributed by atoms with Crippen LogP contribution in [-0.2, 0) is 0 Å². The third-order valence-electron chi connectivity index (χ3n) is 2.57. The van der Waals surface area contributed by atoms with E-state index in [1.54, 1.807) is 6.07 Å². The summed E-state index contributed by atoms with van der Waals surface area (Å²) in [5.41, 5.74) is 0.735. The van der Waals surface area contributed by atoms with Crippen molar-refractivity contribution in [1.82, 2.24) is 9.97 Å². The van der Waals surface area contributed by atoms with Crippen molar-refractivity contribution in [3.05, 3.63) is 30.2 Å². The minimum Gasteiger partial charge on any atom is -0.497 e. The van der Waals surface area contributed by atoms with E-state index in [2.05, 4.69) is 9.97 Å². The van der Waals surface area contributed by atoms with Gasteiger partial charge in [0.2, 0.25) is 5.88 Å². The van der Waals surface area contributed by atoms with Crippen molar-refractivity contribution in [2.45, 2.75) is 0 Å². The zero-order valence-corrected chi connectivity index (χ0v) is 10.8. The number of rotatable bonds is 4. The standard InChI is InChI=1S/C13H13FN2O3/c1-17-8-4-5-11(14)9(6-8)10-7-15-13(19-3)16-12(10)18-2/h4-7H,1-3H3. The monoisotopic (exact) mass is 264 g/mol. The van der Waals surface area contributed by atoms with Crippen LogP contribution in [0.3, 0.4) is 0 Å². The zero-order valence-electron chi connectivity index (χ0n) is 10.8. The number of benzene rings is 1. The fourth-order valence-corrected chi connectivity index (χ4v) is 1.63. The summed E-state index contributed by atoms with van der Waals surface area (Å²) in [5.74, 6) is 0.362. The summed E-state index contributed by atoms with van der Waals surface area (Å²) >= 11 is 0. The molecule has 0 saturated heterocycles. The van der Waals surface area contributed by atoms with Crippen LogP contribution < -0.4 is 14.2 Å². The number of methoxy groups -OCH3 is 3. The highest BCUT2D eigenvalue weighted by molar-refractivity contribution is 5.69. The highest BCUT2D eigenvalue weighted by Crippen LogP contribution is 2.32. The molecule has 0 atom stereocenters. The molecule has 5 nitrogen and oxygen atoms in total. The van der Waals surface area contributed by atoms with Crippen LogP contribution in [0.1, 0.15) is 0 Å². The third-order valence-corrected chi connectivity index (χ3v) is 2.57. The van der Waals surface area contributed by atoms with E-state index < -0.39 is 5.82 Å². The van der Waals surface area contributed by atoms with Crippen LogP contribution in [-0.4, -0.2) is 31.3 Å². The van der Waals surface area contributed by atoms with E-state index in [9.17, 15) is 4.39 Å². The van der Waals surface area contributed by atoms with E-state index in [4.69, 9.17) is 14.2 Å². The number of aromatic nitrogens is 2. The molecule has 100 valence electrons. The molecule has 0 spiro atoms. The van der Waals surface area contributed by atoms with Gasteiger partial charge >= 0.3 is 6.01 Å². The van der Waals surface area contributed by atoms with Crippen LogP contribution in [0.5, 0.6) is 17.6 Å². The molecule has 0 aliphatic carbocycles. The summed E-state index contributed by atoms with van der Waals surface area (Å²) in [6.07, 6.45) is 1.45. The van der Waals surface area contributed by atoms with E-state index in [1.807, 2.05) is 0 Å². The summed E-state index contributed by atoms with van der Waals surface area (Å²) in [5, 5.41) is 0. The Morgan fingerprint density at radius 2 is 1.79 bits per heavy atom. The quantitative estimate of drug-likeness (QED) is 0.848. The van der Waals surface area contributed by atoms with Crippen LogP contribution in [0.25, 0.3) is 11.1 Å². The van der Waals surface area contributed by atoms with Gasteiger partial charge in [0.05, 0.1) is 26.9 Å². The molecule has 0 amide bonds. The Hall–Kier alpha value is -2.37. The smallest absolute Gasteiger partial charge is 0.319 e. The van der Waals surface area contributed by atoms with Gasteiger partial charge in [-0.3, -0.25) is 0 Å². The van der Waals surface area contributed by atoms with Crippen molar-refractivity contribution in [1.29, 1.82) is 0 Å². The maximum atomic E-state index is 13.9. The van der Waals surface area contributed by atoms with Crippen LogP contribution in [0.15, 0.2) is 24.4 Å². The maximum absolute atomic E-state index is 13.9. The molecule has 0 aliphatic heterocycles. The van der Waals surface area contributed by atoms with Gasteiger partial charge in [0.15, 0.2) is 0 Å². The second kappa shape index (κ2) is 5.51. The summed E-state index contributed by atoms with van der Waals surface area (Å²) in [4.78, 5) is 7.98. The van der Waals surface area contributed by atoms with Gasteiger partial charge in [-0.1, -0.05) is 0 Å². The van der Waals surface area contributed by atoms with Gasteiger partial charge in [0.25, 0.3) is 0 Å². The molecule has 0 N–H and O–H groups in total. The molecular weight excluding hydrogens is 251 g/mol. The van der Waals surface area contributed by atoms with Crippen LogP contribution in [0.2, 0.25) is 0 Å². The highest BCUT2D eigenvalue weighted by Gasteiger charge is 2.15. The highest BCUT2D eigenvalue weighted by atomic mass is 19.1. The van der Waals surface area contributed by atoms with Gasteiger partial charge in [0.1, 0.15) is 11.6 Å². The molecule has 1 heterocycles. The lowest BCUT2D eigenvalue weighted by atomic mass is 10.1. The van der Waals surface area contributed by atoms with Gasteiger partial charge in [0, 0.05) is 11.8 Å². The van der Waals surface area contributed by atoms with Crippen molar-refractivity contribution in [2.75, 3.05) is 21.3 Å². The summed E-state index contributed by atoms with van der Waals surface area (Å²) < 4.78 is 29.0. The van der Waals surface area contributed by atoms with Crippen molar-refractivity contribution in [2.24, 2.45) is 0 Å². The average molecular weight is 264 g/mol. The molecule has 19 heavy (non-hydrogen) atoms. The Bertz CT molecular complexity index is 590. The molecule has 2 rings (SSSR count). The van der Waals surface area contributed by atoms with E-state index in [1.165, 1.54) is 39.7 Å². The van der Waals surface area contributed by atoms with Crippen molar-refractivity contribution >= 4 is 0 Å². The molecule has 2 aromatic rings. The SMILES string of the molecule is COc1ccc(F)c(-c2cnc(OC)nc2OC)c1. The molecule has 1 aromatic heterocycles. The first kappa shape index (κ1) is 13.1. The molecular formula is C13H13FN2O3. The van der Waals surface area contributed by atoms with Crippen molar-refractivity contribution < 1.29 is 18.6 Å². The fraction of sp³-hybridized carbons (Fsp3) is 0.231. The fourth-order valence-electron chi connectivity index (χ4n) is 1.63. The van der Waals surface area contributed by atoms with E-state index in [-0.39, 0.29) is 11.9 Å². The Labute approximate surface area is 110 Å². The zero-order chi connectivity index (χ0) is 13.8. The topological polar surface area (TPSA) is 53.5 Å². The largest absolute Gasteiger partial charge is 0.497 e. The number of nitrogens with zero attached hydrogens (tertiary/aromatic N) is 2. The molecule has 0 saturated carbocycles. The van der Waals surface area contributed by atoms with Crippen molar-refractivity contribution in [3.63, 3.8) is 0 Å². The van der Waals surface area contributed by atoms with E-state index in [0.29, 0.717) is 16.9 Å². The van der Waals surface area contributed by atoms with Gasteiger partial charge in [-0.25, -0.2) is 9.37 Å². The molecule has 0 aliphatic rings. The first-order valence-electron chi connectivity index (χ1n) is 5.48. The lowest BCUT2D eigenvalue weighted by Gasteiger charge is -2.10. The second-order valence-corrected chi connectivity index (χ2v) is 3.63. The maximum Gasteiger partial charge on any atom is 0.319 e. The summed E-state index contributed by atoms with van der Waals surface area (Å²) in [6.45, 7) is 0. The number of hydrogen-bond donors (Lipinski definition) is 0. The first-order valence-corrected chi connectivity index (χ1v) is 5.48. The Balaban J connectivity index is 2.57. The first-order chi connectivity index (χ1) is 9.19. The van der Waals surface area contributed by atoms with Crippen LogP contribution >= 0.6 is 0 Å². The molecule has 1 aromatic carbocycles. The Morgan fingerprint density at radius 3 is 2.42 bits per heavy atom. The number of hydrogen-bond acceptors (Lipinski definition) is 5. The van der Waals surface area contributed by atoms with E-state index in [0.717, 1.165) is 0 Å². The molecule has 0 radical (unpaired) electrons. The predicted molar refractivity (Wildman–Crippen MR) is 67.1 cm³/mol. The average Bonchev–Trinajstić information content (AvgIpc) is 2.47. The minimum absolute atomic E-state index is 0.156. The van der Waals surface area contributed by atoms with Gasteiger partial charge in [-0.05, 0) is 18.2 Å². The lowest BCUT2D eigenvalue weighted by Crippen LogP contribution is -1.98. The number of ether oxygens (including phenoxy) is 3. The molecule has 6 heteroatoms. The lowest BCUT2D eigenvalue weighted by molar-refractivity contribution is 0.353. The molecule has 0 fully saturated rings. The minimum atomic E-state index is -0.409.